The molecule has 1 heterocycles. The second kappa shape index (κ2) is 15.0. The molecule has 0 aromatic rings. The van der Waals surface area contributed by atoms with E-state index in [-0.39, 0.29) is 23.8 Å². The van der Waals surface area contributed by atoms with Gasteiger partial charge in [-0.1, -0.05) is 65.7 Å². The van der Waals surface area contributed by atoms with Gasteiger partial charge in [0.2, 0.25) is 5.91 Å². The first-order valence-corrected chi connectivity index (χ1v) is 12.2. The Labute approximate surface area is 180 Å². The molecule has 0 spiro atoms. The van der Waals surface area contributed by atoms with E-state index in [1.807, 2.05) is 18.7 Å². The van der Waals surface area contributed by atoms with Gasteiger partial charge in [0, 0.05) is 25.8 Å². The Morgan fingerprint density at radius 1 is 0.897 bits per heavy atom. The normalized spacial score (nSPS) is 19.5. The highest BCUT2D eigenvalue weighted by Gasteiger charge is 2.33. The van der Waals surface area contributed by atoms with Crippen LogP contribution in [0.2, 0.25) is 0 Å². The quantitative estimate of drug-likeness (QED) is 0.287. The maximum Gasteiger partial charge on any atom is 0.223 e. The molecule has 1 rings (SSSR count). The molecule has 2 atom stereocenters. The van der Waals surface area contributed by atoms with E-state index < -0.39 is 0 Å². The molecule has 170 valence electrons. The zero-order chi connectivity index (χ0) is 21.6. The van der Waals surface area contributed by atoms with Gasteiger partial charge in [0.1, 0.15) is 5.78 Å². The lowest BCUT2D eigenvalue weighted by molar-refractivity contribution is -0.135. The van der Waals surface area contributed by atoms with Crippen molar-refractivity contribution in [1.82, 2.24) is 4.90 Å². The van der Waals surface area contributed by atoms with Crippen LogP contribution in [-0.2, 0) is 14.3 Å². The van der Waals surface area contributed by atoms with Crippen LogP contribution in [0.25, 0.3) is 0 Å². The number of carbonyl (C=O) groups excluding carboxylic acids is 2. The van der Waals surface area contributed by atoms with Crippen molar-refractivity contribution in [2.45, 2.75) is 124 Å². The first-order chi connectivity index (χ1) is 13.8. The molecule has 1 aliphatic heterocycles. The third-order valence-corrected chi connectivity index (χ3v) is 5.92. The molecule has 0 radical (unpaired) electrons. The standard InChI is InChI=1S/C25H47NO3/c1-20(2)13-11-9-7-6-8-10-12-14-24(27)15-16-25(28)26-18-22(5)17-23(26)19-29-21(3)4/h20-23H,6-19H2,1-5H3/t22-,23-/m0/s1. The molecular formula is C25H47NO3. The summed E-state index contributed by atoms with van der Waals surface area (Å²) in [6.45, 7) is 12.2. The van der Waals surface area contributed by atoms with Gasteiger partial charge >= 0.3 is 0 Å². The molecule has 0 aliphatic carbocycles. The lowest BCUT2D eigenvalue weighted by Crippen LogP contribution is -2.39. The van der Waals surface area contributed by atoms with Gasteiger partial charge in [0.25, 0.3) is 0 Å². The summed E-state index contributed by atoms with van der Waals surface area (Å²) < 4.78 is 5.74. The van der Waals surface area contributed by atoms with Crippen LogP contribution >= 0.6 is 0 Å². The lowest BCUT2D eigenvalue weighted by Gasteiger charge is -2.25. The Hall–Kier alpha value is -0.900. The lowest BCUT2D eigenvalue weighted by atomic mass is 10.0. The zero-order valence-electron chi connectivity index (χ0n) is 19.9. The summed E-state index contributed by atoms with van der Waals surface area (Å²) in [5.41, 5.74) is 0. The van der Waals surface area contributed by atoms with E-state index in [1.165, 1.54) is 38.5 Å². The smallest absolute Gasteiger partial charge is 0.223 e. The summed E-state index contributed by atoms with van der Waals surface area (Å²) in [6.07, 6.45) is 12.6. The zero-order valence-corrected chi connectivity index (χ0v) is 19.9. The van der Waals surface area contributed by atoms with Crippen LogP contribution in [0.4, 0.5) is 0 Å². The van der Waals surface area contributed by atoms with Crippen molar-refractivity contribution in [2.75, 3.05) is 13.2 Å². The third-order valence-electron chi connectivity index (χ3n) is 5.92. The fraction of sp³-hybridized carbons (Fsp3) is 0.920. The molecule has 4 heteroatoms. The summed E-state index contributed by atoms with van der Waals surface area (Å²) in [4.78, 5) is 26.7. The number of ketones is 1. The first kappa shape index (κ1) is 26.1. The number of likely N-dealkylation sites (tertiary alicyclic amines) is 1. The first-order valence-electron chi connectivity index (χ1n) is 12.2. The van der Waals surface area contributed by atoms with E-state index in [2.05, 4.69) is 20.8 Å². The van der Waals surface area contributed by atoms with Crippen LogP contribution in [0.1, 0.15) is 112 Å². The van der Waals surface area contributed by atoms with Crippen molar-refractivity contribution in [1.29, 1.82) is 0 Å². The SMILES string of the molecule is CC(C)CCCCCCCCCC(=O)CCC(=O)N1C[C@@H](C)C[C@H]1COC(C)C. The van der Waals surface area contributed by atoms with Gasteiger partial charge in [-0.2, -0.15) is 0 Å². The second-order valence-corrected chi connectivity index (χ2v) is 9.87. The number of nitrogens with zero attached hydrogens (tertiary/aromatic N) is 1. The molecular weight excluding hydrogens is 362 g/mol. The molecule has 0 N–H and O–H groups in total. The van der Waals surface area contributed by atoms with Crippen molar-refractivity contribution in [3.8, 4) is 0 Å². The summed E-state index contributed by atoms with van der Waals surface area (Å²) in [6, 6.07) is 0.176. The van der Waals surface area contributed by atoms with E-state index in [0.29, 0.717) is 31.8 Å². The van der Waals surface area contributed by atoms with E-state index >= 15 is 0 Å². The number of Topliss-reactive ketones (excluding diaryl/α,β-unsaturated/α-hetero) is 1. The molecule has 0 unspecified atom stereocenters. The monoisotopic (exact) mass is 409 g/mol. The second-order valence-electron chi connectivity index (χ2n) is 9.87. The topological polar surface area (TPSA) is 46.6 Å². The van der Waals surface area contributed by atoms with Crippen molar-refractivity contribution in [3.63, 3.8) is 0 Å². The molecule has 1 aliphatic rings. The van der Waals surface area contributed by atoms with Crippen molar-refractivity contribution >= 4 is 11.7 Å². The molecule has 1 saturated heterocycles. The maximum absolute atomic E-state index is 12.6. The molecule has 0 aromatic carbocycles. The van der Waals surface area contributed by atoms with Gasteiger partial charge in [-0.25, -0.2) is 0 Å². The van der Waals surface area contributed by atoms with Crippen molar-refractivity contribution in [3.05, 3.63) is 0 Å². The van der Waals surface area contributed by atoms with Gasteiger partial charge < -0.3 is 9.64 Å². The highest BCUT2D eigenvalue weighted by Crippen LogP contribution is 2.24. The number of amides is 1. The average Bonchev–Trinajstić information content (AvgIpc) is 3.03. The summed E-state index contributed by atoms with van der Waals surface area (Å²) in [5.74, 6) is 1.71. The number of carbonyl (C=O) groups is 2. The van der Waals surface area contributed by atoms with Gasteiger partial charge in [-0.15, -0.1) is 0 Å². The van der Waals surface area contributed by atoms with Crippen molar-refractivity contribution < 1.29 is 14.3 Å². The molecule has 1 amide bonds. The molecule has 29 heavy (non-hydrogen) atoms. The number of ether oxygens (including phenoxy) is 1. The number of unbranched alkanes of at least 4 members (excludes halogenated alkanes) is 6. The maximum atomic E-state index is 12.6. The Morgan fingerprint density at radius 3 is 2.14 bits per heavy atom. The third kappa shape index (κ3) is 12.4. The van der Waals surface area contributed by atoms with E-state index in [9.17, 15) is 9.59 Å². The summed E-state index contributed by atoms with van der Waals surface area (Å²) >= 11 is 0. The fourth-order valence-corrected chi connectivity index (χ4v) is 4.19. The van der Waals surface area contributed by atoms with Gasteiger partial charge in [0.15, 0.2) is 0 Å². The Kier molecular flexibility index (Phi) is 13.5. The molecule has 4 nitrogen and oxygen atoms in total. The fourth-order valence-electron chi connectivity index (χ4n) is 4.19. The number of hydrogen-bond acceptors (Lipinski definition) is 3. The highest BCUT2D eigenvalue weighted by molar-refractivity contribution is 5.85. The minimum absolute atomic E-state index is 0.126. The van der Waals surface area contributed by atoms with Crippen LogP contribution in [0, 0.1) is 11.8 Å². The number of hydrogen-bond donors (Lipinski definition) is 0. The summed E-state index contributed by atoms with van der Waals surface area (Å²) in [7, 11) is 0. The number of rotatable bonds is 16. The van der Waals surface area contributed by atoms with Crippen LogP contribution in [0.15, 0.2) is 0 Å². The largest absolute Gasteiger partial charge is 0.377 e. The van der Waals surface area contributed by atoms with Gasteiger partial charge in [-0.05, 0) is 38.5 Å². The van der Waals surface area contributed by atoms with Crippen LogP contribution in [0.5, 0.6) is 0 Å². The minimum Gasteiger partial charge on any atom is -0.377 e. The Bertz CT molecular complexity index is 461. The Morgan fingerprint density at radius 2 is 1.52 bits per heavy atom. The predicted molar refractivity (Wildman–Crippen MR) is 121 cm³/mol. The predicted octanol–water partition coefficient (Wildman–Crippen LogP) is 6.16. The van der Waals surface area contributed by atoms with Crippen LogP contribution in [0.3, 0.4) is 0 Å². The molecule has 0 bridgehead atoms. The van der Waals surface area contributed by atoms with E-state index in [4.69, 9.17) is 4.74 Å². The van der Waals surface area contributed by atoms with Crippen molar-refractivity contribution in [2.24, 2.45) is 11.8 Å². The molecule has 0 saturated carbocycles. The van der Waals surface area contributed by atoms with Crippen LogP contribution < -0.4 is 0 Å². The average molecular weight is 410 g/mol. The van der Waals surface area contributed by atoms with Crippen LogP contribution in [-0.4, -0.2) is 41.9 Å². The van der Waals surface area contributed by atoms with Gasteiger partial charge in [0.05, 0.1) is 18.8 Å². The Balaban J connectivity index is 2.10. The summed E-state index contributed by atoms with van der Waals surface area (Å²) in [5, 5.41) is 0. The van der Waals surface area contributed by atoms with E-state index in [0.717, 1.165) is 31.7 Å². The molecule has 0 aromatic heterocycles. The highest BCUT2D eigenvalue weighted by atomic mass is 16.5. The van der Waals surface area contributed by atoms with Gasteiger partial charge in [-0.3, -0.25) is 9.59 Å². The van der Waals surface area contributed by atoms with E-state index in [1.54, 1.807) is 0 Å². The minimum atomic E-state index is 0.126. The molecule has 1 fully saturated rings.